The lowest BCUT2D eigenvalue weighted by molar-refractivity contribution is -0.0120. The van der Waals surface area contributed by atoms with Crippen LogP contribution < -0.4 is 14.2 Å². The molecular weight excluding hydrogens is 404 g/mol. The van der Waals surface area contributed by atoms with Gasteiger partial charge in [0, 0.05) is 26.4 Å². The third-order valence-electron chi connectivity index (χ3n) is 4.10. The summed E-state index contributed by atoms with van der Waals surface area (Å²) >= 11 is 0. The molecule has 0 spiro atoms. The highest BCUT2D eigenvalue weighted by atomic mass is 16.7. The number of rotatable bonds is 16. The fourth-order valence-electron chi connectivity index (χ4n) is 2.58. The number of hydrogen-bond donors (Lipinski definition) is 0. The van der Waals surface area contributed by atoms with Crippen LogP contribution in [0, 0.1) is 0 Å². The lowest BCUT2D eigenvalue weighted by atomic mass is 10.1. The molecule has 0 aliphatic heterocycles. The topological polar surface area (TPSA) is 81.7 Å². The van der Waals surface area contributed by atoms with E-state index in [1.807, 2.05) is 30.3 Å². The highest BCUT2D eigenvalue weighted by Gasteiger charge is 2.19. The van der Waals surface area contributed by atoms with Crippen LogP contribution in [0.2, 0.25) is 0 Å². The van der Waals surface area contributed by atoms with Crippen LogP contribution in [0.3, 0.4) is 0 Å². The van der Waals surface area contributed by atoms with Crippen molar-refractivity contribution in [1.82, 2.24) is 0 Å². The van der Waals surface area contributed by atoms with Crippen LogP contribution in [0.4, 0.5) is 0 Å². The molecule has 0 unspecified atom stereocenters. The lowest BCUT2D eigenvalue weighted by Gasteiger charge is -2.17. The third-order valence-corrected chi connectivity index (χ3v) is 4.10. The predicted molar refractivity (Wildman–Crippen MR) is 114 cm³/mol. The van der Waals surface area contributed by atoms with Gasteiger partial charge in [0.2, 0.25) is 0 Å². The molecule has 0 radical (unpaired) electrons. The van der Waals surface area contributed by atoms with E-state index in [4.69, 9.17) is 33.2 Å². The maximum atomic E-state index is 12.4. The molecule has 31 heavy (non-hydrogen) atoms. The zero-order chi connectivity index (χ0) is 22.3. The number of ether oxygens (including phenoxy) is 7. The van der Waals surface area contributed by atoms with Crippen molar-refractivity contribution in [3.8, 4) is 17.2 Å². The first-order valence-electron chi connectivity index (χ1n) is 9.90. The summed E-state index contributed by atoms with van der Waals surface area (Å²) in [6.07, 6.45) is 0. The molecule has 0 saturated carbocycles. The number of benzene rings is 2. The fraction of sp³-hybridized carbons (Fsp3) is 0.435. The molecule has 2 aromatic carbocycles. The number of methoxy groups -OCH3 is 2. The third kappa shape index (κ3) is 8.94. The Balaban J connectivity index is 2.17. The molecule has 0 fully saturated rings. The summed E-state index contributed by atoms with van der Waals surface area (Å²) in [6.45, 7) is 3.39. The Kier molecular flexibility index (Phi) is 11.4. The molecule has 0 aromatic heterocycles. The summed E-state index contributed by atoms with van der Waals surface area (Å²) in [4.78, 5) is 12.4. The smallest absolute Gasteiger partial charge is 0.189 e. The van der Waals surface area contributed by atoms with E-state index in [1.165, 1.54) is 6.92 Å². The van der Waals surface area contributed by atoms with Crippen LogP contribution in [0.25, 0.3) is 0 Å². The van der Waals surface area contributed by atoms with E-state index >= 15 is 0 Å². The van der Waals surface area contributed by atoms with Gasteiger partial charge in [-0.2, -0.15) is 0 Å². The molecule has 0 heterocycles. The van der Waals surface area contributed by atoms with Crippen molar-refractivity contribution >= 4 is 5.78 Å². The van der Waals surface area contributed by atoms with Crippen molar-refractivity contribution < 1.29 is 38.0 Å². The van der Waals surface area contributed by atoms with Gasteiger partial charge in [0.25, 0.3) is 0 Å². The summed E-state index contributed by atoms with van der Waals surface area (Å²) in [5.74, 6) is 0.912. The Morgan fingerprint density at radius 3 is 1.94 bits per heavy atom. The molecular formula is C23H30O8. The first-order valence-corrected chi connectivity index (χ1v) is 9.90. The minimum atomic E-state index is -0.196. The van der Waals surface area contributed by atoms with E-state index in [-0.39, 0.29) is 19.4 Å². The summed E-state index contributed by atoms with van der Waals surface area (Å²) < 4.78 is 37.9. The van der Waals surface area contributed by atoms with E-state index < -0.39 is 0 Å². The molecule has 0 aliphatic rings. The van der Waals surface area contributed by atoms with E-state index in [2.05, 4.69) is 0 Å². The van der Waals surface area contributed by atoms with Gasteiger partial charge in [0.15, 0.2) is 19.4 Å². The van der Waals surface area contributed by atoms with Gasteiger partial charge in [-0.25, -0.2) is 0 Å². The minimum absolute atomic E-state index is 0.0185. The van der Waals surface area contributed by atoms with Gasteiger partial charge in [-0.15, -0.1) is 0 Å². The Bertz CT molecular complexity index is 779. The van der Waals surface area contributed by atoms with Crippen molar-refractivity contribution in [2.75, 3.05) is 54.2 Å². The summed E-state index contributed by atoms with van der Waals surface area (Å²) in [5, 5.41) is 0. The Morgan fingerprint density at radius 2 is 1.35 bits per heavy atom. The second kappa shape index (κ2) is 14.4. The Labute approximate surface area is 182 Å². The maximum absolute atomic E-state index is 12.4. The molecule has 0 amide bonds. The largest absolute Gasteiger partial charge is 0.488 e. The summed E-state index contributed by atoms with van der Waals surface area (Å²) in [7, 11) is 3.18. The predicted octanol–water partition coefficient (Wildman–Crippen LogP) is 3.47. The quantitative estimate of drug-likeness (QED) is 0.226. The second-order valence-corrected chi connectivity index (χ2v) is 6.45. The van der Waals surface area contributed by atoms with Crippen LogP contribution in [-0.2, 0) is 25.6 Å². The summed E-state index contributed by atoms with van der Waals surface area (Å²) in [5.41, 5.74) is 1.29. The van der Waals surface area contributed by atoms with Gasteiger partial charge in [-0.3, -0.25) is 4.79 Å². The van der Waals surface area contributed by atoms with Crippen molar-refractivity contribution in [3.63, 3.8) is 0 Å². The van der Waals surface area contributed by atoms with E-state index in [9.17, 15) is 4.79 Å². The van der Waals surface area contributed by atoms with Crippen LogP contribution in [0.1, 0.15) is 22.8 Å². The molecule has 0 bridgehead atoms. The number of Topliss-reactive ketones (excluding diaryl/α,β-unsaturated/α-hetero) is 1. The van der Waals surface area contributed by atoms with Crippen LogP contribution in [0.5, 0.6) is 17.2 Å². The highest BCUT2D eigenvalue weighted by Crippen LogP contribution is 2.35. The Morgan fingerprint density at radius 1 is 0.774 bits per heavy atom. The van der Waals surface area contributed by atoms with Crippen molar-refractivity contribution in [2.24, 2.45) is 0 Å². The minimum Gasteiger partial charge on any atom is -0.488 e. The van der Waals surface area contributed by atoms with Gasteiger partial charge in [-0.05, 0) is 12.5 Å². The molecule has 8 heteroatoms. The standard InChI is InChI=1S/C23H30O8/c1-18(24)23-21(29-15-19-7-5-4-6-8-19)13-20(30-16-27-11-9-25-2)14-22(23)31-17-28-12-10-26-3/h4-8,13-14H,9-12,15-17H2,1-3H3. The maximum Gasteiger partial charge on any atom is 0.189 e. The highest BCUT2D eigenvalue weighted by molar-refractivity contribution is 6.00. The molecule has 8 nitrogen and oxygen atoms in total. The molecule has 2 rings (SSSR count). The Hall–Kier alpha value is -2.65. The van der Waals surface area contributed by atoms with Crippen LogP contribution in [0.15, 0.2) is 42.5 Å². The second-order valence-electron chi connectivity index (χ2n) is 6.45. The lowest BCUT2D eigenvalue weighted by Crippen LogP contribution is -2.12. The molecule has 0 aliphatic carbocycles. The average molecular weight is 434 g/mol. The van der Waals surface area contributed by atoms with Crippen molar-refractivity contribution in [1.29, 1.82) is 0 Å². The first-order chi connectivity index (χ1) is 15.2. The molecule has 170 valence electrons. The van der Waals surface area contributed by atoms with Gasteiger partial charge >= 0.3 is 0 Å². The number of hydrogen-bond acceptors (Lipinski definition) is 8. The van der Waals surface area contributed by atoms with Crippen LogP contribution in [-0.4, -0.2) is 60.0 Å². The van der Waals surface area contributed by atoms with Gasteiger partial charge in [0.1, 0.15) is 29.4 Å². The zero-order valence-corrected chi connectivity index (χ0v) is 18.3. The summed E-state index contributed by atoms with van der Waals surface area (Å²) in [6, 6.07) is 12.9. The monoisotopic (exact) mass is 434 g/mol. The van der Waals surface area contributed by atoms with Gasteiger partial charge in [-0.1, -0.05) is 30.3 Å². The normalized spacial score (nSPS) is 10.7. The average Bonchev–Trinajstić information content (AvgIpc) is 2.77. The number of ketones is 1. The SMILES string of the molecule is COCCOCOc1cc(OCOCCOC)c(C(C)=O)c(OCc2ccccc2)c1. The first kappa shape index (κ1) is 24.6. The van der Waals surface area contributed by atoms with Gasteiger partial charge < -0.3 is 33.2 Å². The van der Waals surface area contributed by atoms with E-state index in [0.717, 1.165) is 5.56 Å². The number of carbonyl (C=O) groups excluding carboxylic acids is 1. The molecule has 2 aromatic rings. The molecule has 0 atom stereocenters. The zero-order valence-electron chi connectivity index (χ0n) is 18.3. The van der Waals surface area contributed by atoms with E-state index in [1.54, 1.807) is 26.4 Å². The van der Waals surface area contributed by atoms with Crippen LogP contribution >= 0.6 is 0 Å². The van der Waals surface area contributed by atoms with Crippen molar-refractivity contribution in [3.05, 3.63) is 53.6 Å². The number of carbonyl (C=O) groups is 1. The molecule has 0 N–H and O–H groups in total. The van der Waals surface area contributed by atoms with E-state index in [0.29, 0.717) is 55.8 Å². The fourth-order valence-corrected chi connectivity index (χ4v) is 2.58. The van der Waals surface area contributed by atoms with Gasteiger partial charge in [0.05, 0.1) is 26.4 Å². The van der Waals surface area contributed by atoms with Crippen molar-refractivity contribution in [2.45, 2.75) is 13.5 Å². The molecule has 0 saturated heterocycles.